The Morgan fingerprint density at radius 2 is 1.83 bits per heavy atom. The lowest BCUT2D eigenvalue weighted by Gasteiger charge is -2.26. The molecule has 4 heterocycles. The van der Waals surface area contributed by atoms with Crippen LogP contribution in [0, 0.1) is 6.92 Å². The van der Waals surface area contributed by atoms with Gasteiger partial charge in [-0.3, -0.25) is 15.2 Å². The number of amides is 1. The number of benzene rings is 1. The van der Waals surface area contributed by atoms with E-state index in [-0.39, 0.29) is 5.91 Å². The van der Waals surface area contributed by atoms with Gasteiger partial charge in [-0.15, -0.1) is 0 Å². The number of aromatic nitrogens is 3. The van der Waals surface area contributed by atoms with Crippen molar-refractivity contribution in [3.63, 3.8) is 0 Å². The number of piperidine rings is 1. The highest BCUT2D eigenvalue weighted by atomic mass is 16.2. The van der Waals surface area contributed by atoms with Gasteiger partial charge in [0, 0.05) is 30.2 Å². The number of carbonyl (C=O) groups is 1. The van der Waals surface area contributed by atoms with Gasteiger partial charge in [-0.2, -0.15) is 5.10 Å². The molecule has 1 saturated heterocycles. The van der Waals surface area contributed by atoms with Crippen LogP contribution in [-0.4, -0.2) is 38.6 Å². The molecule has 1 fully saturated rings. The minimum absolute atomic E-state index is 0.164. The molecule has 1 N–H and O–H groups in total. The molecule has 5 rings (SSSR count). The highest BCUT2D eigenvalue weighted by molar-refractivity contribution is 6.00. The molecule has 1 aliphatic heterocycles. The summed E-state index contributed by atoms with van der Waals surface area (Å²) in [5.74, 6) is -0.164. The van der Waals surface area contributed by atoms with Crippen molar-refractivity contribution in [2.45, 2.75) is 26.2 Å². The van der Waals surface area contributed by atoms with Crippen molar-refractivity contribution in [1.29, 1.82) is 0 Å². The summed E-state index contributed by atoms with van der Waals surface area (Å²) >= 11 is 0. The summed E-state index contributed by atoms with van der Waals surface area (Å²) in [5.41, 5.74) is 8.36. The Morgan fingerprint density at radius 1 is 1.03 bits per heavy atom. The van der Waals surface area contributed by atoms with Crippen molar-refractivity contribution in [2.24, 2.45) is 0 Å². The maximum atomic E-state index is 12.9. The number of carbonyl (C=O) groups excluding carboxylic acids is 1. The van der Waals surface area contributed by atoms with E-state index in [9.17, 15) is 4.79 Å². The quantitative estimate of drug-likeness (QED) is 0.579. The fraction of sp³-hybridized carbons (Fsp3) is 0.261. The summed E-state index contributed by atoms with van der Waals surface area (Å²) in [5, 5.41) is 7.65. The van der Waals surface area contributed by atoms with Crippen LogP contribution in [0.4, 0.5) is 0 Å². The van der Waals surface area contributed by atoms with E-state index in [0.29, 0.717) is 5.69 Å². The monoisotopic (exact) mass is 385 g/mol. The average Bonchev–Trinajstić information content (AvgIpc) is 3.21. The van der Waals surface area contributed by atoms with Gasteiger partial charge < -0.3 is 0 Å². The number of aryl methyl sites for hydroxylation is 1. The van der Waals surface area contributed by atoms with E-state index in [4.69, 9.17) is 0 Å². The topological polar surface area (TPSA) is 62.5 Å². The minimum atomic E-state index is -0.164. The van der Waals surface area contributed by atoms with Gasteiger partial charge in [0.15, 0.2) is 5.69 Å². The molecule has 1 amide bonds. The molecule has 0 radical (unpaired) electrons. The summed E-state index contributed by atoms with van der Waals surface area (Å²) < 4.78 is 1.86. The molecule has 4 aromatic rings. The number of nitrogens with one attached hydrogen (secondary N) is 1. The molecule has 0 spiro atoms. The van der Waals surface area contributed by atoms with Crippen LogP contribution in [0.15, 0.2) is 54.7 Å². The Labute approximate surface area is 169 Å². The van der Waals surface area contributed by atoms with Crippen LogP contribution < -0.4 is 5.43 Å². The van der Waals surface area contributed by atoms with Crippen LogP contribution in [0.25, 0.3) is 27.7 Å². The van der Waals surface area contributed by atoms with Crippen molar-refractivity contribution in [3.8, 4) is 11.3 Å². The van der Waals surface area contributed by atoms with Crippen LogP contribution in [0.5, 0.6) is 0 Å². The second-order valence-corrected chi connectivity index (χ2v) is 7.65. The molecule has 6 nitrogen and oxygen atoms in total. The summed E-state index contributed by atoms with van der Waals surface area (Å²) in [4.78, 5) is 17.4. The summed E-state index contributed by atoms with van der Waals surface area (Å²) in [6.45, 7) is 3.85. The summed E-state index contributed by atoms with van der Waals surface area (Å²) in [6, 6.07) is 16.1. The molecular formula is C23H23N5O. The first-order valence-corrected chi connectivity index (χ1v) is 10.1. The fourth-order valence-electron chi connectivity index (χ4n) is 3.94. The van der Waals surface area contributed by atoms with Gasteiger partial charge in [-0.25, -0.2) is 9.52 Å². The van der Waals surface area contributed by atoms with Crippen molar-refractivity contribution in [2.75, 3.05) is 13.1 Å². The summed E-state index contributed by atoms with van der Waals surface area (Å²) in [7, 11) is 0. The van der Waals surface area contributed by atoms with E-state index in [0.717, 1.165) is 53.6 Å². The van der Waals surface area contributed by atoms with Crippen LogP contribution in [-0.2, 0) is 0 Å². The van der Waals surface area contributed by atoms with E-state index in [1.165, 1.54) is 12.0 Å². The van der Waals surface area contributed by atoms with Gasteiger partial charge in [-0.1, -0.05) is 36.2 Å². The molecule has 0 aliphatic carbocycles. The zero-order valence-corrected chi connectivity index (χ0v) is 16.4. The van der Waals surface area contributed by atoms with Gasteiger partial charge in [0.1, 0.15) is 0 Å². The first-order valence-electron chi connectivity index (χ1n) is 10.1. The highest BCUT2D eigenvalue weighted by Gasteiger charge is 2.19. The lowest BCUT2D eigenvalue weighted by Crippen LogP contribution is -2.45. The van der Waals surface area contributed by atoms with Crippen molar-refractivity contribution >= 4 is 22.3 Å². The molecule has 6 heteroatoms. The summed E-state index contributed by atoms with van der Waals surface area (Å²) in [6.07, 6.45) is 5.23. The van der Waals surface area contributed by atoms with Gasteiger partial charge in [0.25, 0.3) is 5.91 Å². The maximum absolute atomic E-state index is 12.9. The molecule has 3 aromatic heterocycles. The molecular weight excluding hydrogens is 362 g/mol. The number of pyridine rings is 2. The van der Waals surface area contributed by atoms with Crippen molar-refractivity contribution in [3.05, 3.63) is 66.0 Å². The molecule has 1 aromatic carbocycles. The average molecular weight is 385 g/mol. The van der Waals surface area contributed by atoms with E-state index < -0.39 is 0 Å². The van der Waals surface area contributed by atoms with Crippen molar-refractivity contribution in [1.82, 2.24) is 25.0 Å². The number of hydrogen-bond acceptors (Lipinski definition) is 4. The highest BCUT2D eigenvalue weighted by Crippen LogP contribution is 2.28. The molecule has 0 bridgehead atoms. The van der Waals surface area contributed by atoms with Crippen LogP contribution in [0.2, 0.25) is 0 Å². The lowest BCUT2D eigenvalue weighted by atomic mass is 10.1. The van der Waals surface area contributed by atoms with Gasteiger partial charge >= 0.3 is 0 Å². The van der Waals surface area contributed by atoms with Gasteiger partial charge in [0.2, 0.25) is 0 Å². The molecule has 146 valence electrons. The van der Waals surface area contributed by atoms with Crippen molar-refractivity contribution < 1.29 is 4.79 Å². The lowest BCUT2D eigenvalue weighted by molar-refractivity contribution is 0.0744. The molecule has 1 aliphatic rings. The zero-order chi connectivity index (χ0) is 19.8. The van der Waals surface area contributed by atoms with Crippen LogP contribution >= 0.6 is 0 Å². The minimum Gasteiger partial charge on any atom is -0.283 e. The predicted octanol–water partition coefficient (Wildman–Crippen LogP) is 3.99. The normalized spacial score (nSPS) is 15.1. The first-order chi connectivity index (χ1) is 14.2. The second kappa shape index (κ2) is 7.29. The largest absolute Gasteiger partial charge is 0.286 e. The predicted molar refractivity (Wildman–Crippen MR) is 114 cm³/mol. The Balaban J connectivity index is 1.62. The van der Waals surface area contributed by atoms with E-state index in [1.807, 2.05) is 33.8 Å². The fourth-order valence-corrected chi connectivity index (χ4v) is 3.94. The third-order valence-corrected chi connectivity index (χ3v) is 5.52. The third kappa shape index (κ3) is 3.36. The molecule has 29 heavy (non-hydrogen) atoms. The Bertz CT molecular complexity index is 1190. The number of nitrogens with zero attached hydrogens (tertiary/aromatic N) is 4. The number of rotatable bonds is 3. The maximum Gasteiger partial charge on any atom is 0.286 e. The Hall–Kier alpha value is -3.25. The first kappa shape index (κ1) is 17.8. The molecule has 0 saturated carbocycles. The number of fused-ring (bicyclic) bond motifs is 3. The number of hydrazine groups is 1. The molecule has 0 unspecified atom stereocenters. The van der Waals surface area contributed by atoms with Gasteiger partial charge in [0.05, 0.1) is 16.7 Å². The Kier molecular flexibility index (Phi) is 4.48. The third-order valence-electron chi connectivity index (χ3n) is 5.52. The van der Waals surface area contributed by atoms with E-state index >= 15 is 0 Å². The zero-order valence-electron chi connectivity index (χ0n) is 16.4. The molecule has 0 atom stereocenters. The van der Waals surface area contributed by atoms with Crippen LogP contribution in [0.3, 0.4) is 0 Å². The van der Waals surface area contributed by atoms with E-state index in [1.54, 1.807) is 6.20 Å². The number of hydrogen-bond donors (Lipinski definition) is 1. The SMILES string of the molecule is Cc1ccc(-c2cc3ncccc3c3cc(C(=O)NN4CCCCC4)nn23)cc1. The Morgan fingerprint density at radius 3 is 2.62 bits per heavy atom. The smallest absolute Gasteiger partial charge is 0.283 e. The standard InChI is InChI=1S/C23H23N5O/c1-16-7-9-17(10-8-16)21-14-19-18(6-5-11-24-19)22-15-20(25-28(21)22)23(29)26-27-12-3-2-4-13-27/h5-11,14-15H,2-4,12-13H2,1H3,(H,26,29). The van der Waals surface area contributed by atoms with Crippen LogP contribution in [0.1, 0.15) is 35.3 Å². The van der Waals surface area contributed by atoms with Gasteiger partial charge in [-0.05, 0) is 44.0 Å². The second-order valence-electron chi connectivity index (χ2n) is 7.65. The van der Waals surface area contributed by atoms with E-state index in [2.05, 4.69) is 46.7 Å².